The van der Waals surface area contributed by atoms with Crippen LogP contribution in [0.2, 0.25) is 10.0 Å². The Kier molecular flexibility index (Phi) is 7.02. The van der Waals surface area contributed by atoms with Crippen LogP contribution in [0.3, 0.4) is 0 Å². The molecule has 30 heavy (non-hydrogen) atoms. The van der Waals surface area contributed by atoms with Crippen LogP contribution in [-0.2, 0) is 14.8 Å². The molecule has 2 amide bonds. The van der Waals surface area contributed by atoms with Gasteiger partial charge in [-0.3, -0.25) is 9.59 Å². The van der Waals surface area contributed by atoms with Crippen molar-refractivity contribution in [1.82, 2.24) is 9.21 Å². The van der Waals surface area contributed by atoms with E-state index in [2.05, 4.69) is 5.32 Å². The molecule has 1 fully saturated rings. The van der Waals surface area contributed by atoms with Gasteiger partial charge in [-0.25, -0.2) is 8.42 Å². The number of carbonyl (C=O) groups excluding carboxylic acids is 2. The van der Waals surface area contributed by atoms with Crippen LogP contribution in [0.25, 0.3) is 0 Å². The molecule has 0 aliphatic carbocycles. The Hall–Kier alpha value is -2.13. The van der Waals surface area contributed by atoms with Crippen LogP contribution in [-0.4, -0.2) is 55.6 Å². The molecule has 160 valence electrons. The summed E-state index contributed by atoms with van der Waals surface area (Å²) < 4.78 is 27.2. The van der Waals surface area contributed by atoms with Gasteiger partial charge < -0.3 is 10.2 Å². The van der Waals surface area contributed by atoms with E-state index in [1.54, 1.807) is 42.2 Å². The van der Waals surface area contributed by atoms with Crippen molar-refractivity contribution in [2.45, 2.75) is 18.2 Å². The number of sulfonamides is 1. The molecule has 1 aliphatic heterocycles. The molecule has 3 rings (SSSR count). The monoisotopic (exact) mass is 469 g/mol. The summed E-state index contributed by atoms with van der Waals surface area (Å²) in [5.41, 5.74) is 0.969. The van der Waals surface area contributed by atoms with Gasteiger partial charge in [-0.15, -0.1) is 0 Å². The molecular formula is C20H21Cl2N3O4S. The molecule has 0 saturated carbocycles. The molecule has 0 spiro atoms. The Morgan fingerprint density at radius 1 is 1.00 bits per heavy atom. The van der Waals surface area contributed by atoms with E-state index in [1.807, 2.05) is 0 Å². The Bertz CT molecular complexity index is 1050. The lowest BCUT2D eigenvalue weighted by Gasteiger charge is -2.34. The summed E-state index contributed by atoms with van der Waals surface area (Å²) >= 11 is 12.1. The molecule has 1 N–H and O–H groups in total. The average molecular weight is 470 g/mol. The van der Waals surface area contributed by atoms with Gasteiger partial charge in [-0.2, -0.15) is 4.31 Å². The van der Waals surface area contributed by atoms with Crippen LogP contribution >= 0.6 is 23.2 Å². The van der Waals surface area contributed by atoms with Crippen molar-refractivity contribution in [1.29, 1.82) is 0 Å². The lowest BCUT2D eigenvalue weighted by Crippen LogP contribution is -2.50. The average Bonchev–Trinajstić information content (AvgIpc) is 2.73. The van der Waals surface area contributed by atoms with Crippen LogP contribution in [0, 0.1) is 0 Å². The molecule has 2 aromatic rings. The SMILES string of the molecule is CCC(=O)Nc1cccc(C(=O)N2CCN(S(=O)(=O)c3c(Cl)cccc3Cl)CC2)c1. The third-order valence-corrected chi connectivity index (χ3v) is 7.61. The van der Waals surface area contributed by atoms with E-state index in [9.17, 15) is 18.0 Å². The molecule has 1 aliphatic rings. The lowest BCUT2D eigenvalue weighted by atomic mass is 10.1. The van der Waals surface area contributed by atoms with Gasteiger partial charge in [-0.1, -0.05) is 42.3 Å². The first kappa shape index (κ1) is 22.6. The largest absolute Gasteiger partial charge is 0.336 e. The standard InChI is InChI=1S/C20H21Cl2N3O4S/c1-2-18(26)23-15-6-3-5-14(13-15)20(27)24-9-11-25(12-10-24)30(28,29)19-16(21)7-4-8-17(19)22/h3-8,13H,2,9-12H2,1H3,(H,23,26). The number of hydrogen-bond acceptors (Lipinski definition) is 4. The fraction of sp³-hybridized carbons (Fsp3) is 0.300. The third-order valence-electron chi connectivity index (χ3n) is 4.76. The number of nitrogens with one attached hydrogen (secondary N) is 1. The number of carbonyl (C=O) groups is 2. The molecule has 0 atom stereocenters. The lowest BCUT2D eigenvalue weighted by molar-refractivity contribution is -0.115. The van der Waals surface area contributed by atoms with Crippen molar-refractivity contribution in [2.75, 3.05) is 31.5 Å². The molecule has 0 radical (unpaired) electrons. The summed E-state index contributed by atoms with van der Waals surface area (Å²) in [6, 6.07) is 11.2. The second kappa shape index (κ2) is 9.34. The minimum atomic E-state index is -3.88. The van der Waals surface area contributed by atoms with Crippen molar-refractivity contribution in [3.8, 4) is 0 Å². The summed E-state index contributed by atoms with van der Waals surface area (Å²) in [7, 11) is -3.88. The van der Waals surface area contributed by atoms with Gasteiger partial charge in [0.25, 0.3) is 5.91 Å². The number of nitrogens with zero attached hydrogens (tertiary/aromatic N) is 2. The van der Waals surface area contributed by atoms with E-state index in [0.717, 1.165) is 0 Å². The summed E-state index contributed by atoms with van der Waals surface area (Å²) in [6.07, 6.45) is 0.337. The fourth-order valence-corrected chi connectivity index (χ4v) is 5.67. The van der Waals surface area contributed by atoms with Crippen LogP contribution in [0.4, 0.5) is 5.69 Å². The van der Waals surface area contributed by atoms with E-state index in [-0.39, 0.29) is 52.9 Å². The molecule has 0 bridgehead atoms. The highest BCUT2D eigenvalue weighted by Crippen LogP contribution is 2.32. The molecule has 7 nitrogen and oxygen atoms in total. The number of amides is 2. The highest BCUT2D eigenvalue weighted by molar-refractivity contribution is 7.89. The van der Waals surface area contributed by atoms with Crippen LogP contribution < -0.4 is 5.32 Å². The second-order valence-electron chi connectivity index (χ2n) is 6.73. The van der Waals surface area contributed by atoms with Crippen molar-refractivity contribution in [3.05, 3.63) is 58.1 Å². The summed E-state index contributed by atoms with van der Waals surface area (Å²) in [5, 5.41) is 2.85. The normalized spacial score (nSPS) is 15.1. The first-order valence-corrected chi connectivity index (χ1v) is 11.6. The molecular weight excluding hydrogens is 449 g/mol. The van der Waals surface area contributed by atoms with Crippen molar-refractivity contribution in [2.24, 2.45) is 0 Å². The molecule has 1 saturated heterocycles. The highest BCUT2D eigenvalue weighted by Gasteiger charge is 2.33. The van der Waals surface area contributed by atoms with Crippen LogP contribution in [0.1, 0.15) is 23.7 Å². The van der Waals surface area contributed by atoms with Crippen LogP contribution in [0.15, 0.2) is 47.4 Å². The van der Waals surface area contributed by atoms with Gasteiger partial charge >= 0.3 is 0 Å². The van der Waals surface area contributed by atoms with Gasteiger partial charge in [0, 0.05) is 43.9 Å². The number of piperazine rings is 1. The van der Waals surface area contributed by atoms with Crippen molar-refractivity contribution >= 4 is 50.7 Å². The summed E-state index contributed by atoms with van der Waals surface area (Å²) in [4.78, 5) is 25.9. The van der Waals surface area contributed by atoms with E-state index in [1.165, 1.54) is 16.4 Å². The minimum absolute atomic E-state index is 0.0620. The molecule has 2 aromatic carbocycles. The molecule has 1 heterocycles. The minimum Gasteiger partial charge on any atom is -0.336 e. The third kappa shape index (κ3) is 4.78. The first-order chi connectivity index (χ1) is 14.2. The predicted molar refractivity (Wildman–Crippen MR) is 116 cm³/mol. The van der Waals surface area contributed by atoms with Crippen molar-refractivity contribution in [3.63, 3.8) is 0 Å². The van der Waals surface area contributed by atoms with Gasteiger partial charge in [-0.05, 0) is 30.3 Å². The maximum atomic E-state index is 13.0. The number of rotatable bonds is 5. The first-order valence-electron chi connectivity index (χ1n) is 9.37. The highest BCUT2D eigenvalue weighted by atomic mass is 35.5. The molecule has 0 aromatic heterocycles. The number of benzene rings is 2. The van der Waals surface area contributed by atoms with Crippen molar-refractivity contribution < 1.29 is 18.0 Å². The molecule has 0 unspecified atom stereocenters. The smallest absolute Gasteiger partial charge is 0.254 e. The second-order valence-corrected chi connectivity index (χ2v) is 9.42. The van der Waals surface area contributed by atoms with Gasteiger partial charge in [0.15, 0.2) is 0 Å². The quantitative estimate of drug-likeness (QED) is 0.725. The number of halogens is 2. The zero-order valence-corrected chi connectivity index (χ0v) is 18.6. The van der Waals surface area contributed by atoms with E-state index in [4.69, 9.17) is 23.2 Å². The Labute approximate surface area is 185 Å². The maximum Gasteiger partial charge on any atom is 0.254 e. The zero-order chi connectivity index (χ0) is 21.9. The summed E-state index contributed by atoms with van der Waals surface area (Å²) in [5.74, 6) is -0.368. The van der Waals surface area contributed by atoms with E-state index >= 15 is 0 Å². The Balaban J connectivity index is 1.70. The predicted octanol–water partition coefficient (Wildman–Crippen LogP) is 3.49. The fourth-order valence-electron chi connectivity index (χ4n) is 3.15. The number of anilines is 1. The van der Waals surface area contributed by atoms with E-state index in [0.29, 0.717) is 17.7 Å². The molecule has 10 heteroatoms. The topological polar surface area (TPSA) is 86.8 Å². The van der Waals surface area contributed by atoms with Crippen LogP contribution in [0.5, 0.6) is 0 Å². The van der Waals surface area contributed by atoms with E-state index < -0.39 is 10.0 Å². The Morgan fingerprint density at radius 2 is 1.60 bits per heavy atom. The summed E-state index contributed by atoms with van der Waals surface area (Å²) in [6.45, 7) is 2.45. The van der Waals surface area contributed by atoms with Gasteiger partial charge in [0.05, 0.1) is 10.0 Å². The maximum absolute atomic E-state index is 13.0. The zero-order valence-electron chi connectivity index (χ0n) is 16.3. The number of hydrogen-bond donors (Lipinski definition) is 1. The Morgan fingerprint density at radius 3 is 2.20 bits per heavy atom. The van der Waals surface area contributed by atoms with Gasteiger partial charge in [0.2, 0.25) is 15.9 Å². The van der Waals surface area contributed by atoms with Gasteiger partial charge in [0.1, 0.15) is 4.90 Å².